The third-order valence-electron chi connectivity index (χ3n) is 8.82. The fourth-order valence-electron chi connectivity index (χ4n) is 6.34. The highest BCUT2D eigenvalue weighted by Gasteiger charge is 2.38. The minimum absolute atomic E-state index is 0.156. The molecule has 3 atom stereocenters. The van der Waals surface area contributed by atoms with Crippen molar-refractivity contribution in [3.63, 3.8) is 0 Å². The highest BCUT2D eigenvalue weighted by atomic mass is 16.6. The van der Waals surface area contributed by atoms with Crippen molar-refractivity contribution in [1.82, 2.24) is 24.3 Å². The van der Waals surface area contributed by atoms with Gasteiger partial charge in [0.05, 0.1) is 24.1 Å². The molecular formula is C36H47N5O5. The van der Waals surface area contributed by atoms with E-state index in [0.717, 1.165) is 42.5 Å². The third-order valence-corrected chi connectivity index (χ3v) is 8.82. The van der Waals surface area contributed by atoms with Crippen LogP contribution in [0.1, 0.15) is 75.5 Å². The van der Waals surface area contributed by atoms with Crippen LogP contribution in [0.25, 0.3) is 11.3 Å². The zero-order valence-electron chi connectivity index (χ0n) is 27.7. The van der Waals surface area contributed by atoms with Gasteiger partial charge >= 0.3 is 12.2 Å². The molecule has 5 rings (SSSR count). The van der Waals surface area contributed by atoms with Gasteiger partial charge in [0.2, 0.25) is 0 Å². The van der Waals surface area contributed by atoms with Gasteiger partial charge in [-0.25, -0.2) is 14.6 Å². The van der Waals surface area contributed by atoms with Crippen LogP contribution < -0.4 is 0 Å². The number of rotatable bonds is 7. The van der Waals surface area contributed by atoms with Crippen LogP contribution >= 0.6 is 0 Å². The molecule has 2 aromatic carbocycles. The molecule has 1 aliphatic heterocycles. The van der Waals surface area contributed by atoms with Crippen LogP contribution in [-0.4, -0.2) is 93.3 Å². The van der Waals surface area contributed by atoms with Gasteiger partial charge in [0.15, 0.2) is 5.69 Å². The number of ether oxygens (including phenoxy) is 2. The third kappa shape index (κ3) is 7.71. The zero-order chi connectivity index (χ0) is 32.8. The Bertz CT molecular complexity index is 1490. The summed E-state index contributed by atoms with van der Waals surface area (Å²) < 4.78 is 13.8. The molecule has 2 heterocycles. The summed E-state index contributed by atoms with van der Waals surface area (Å²) in [6.07, 6.45) is 4.77. The molecular weight excluding hydrogens is 582 g/mol. The van der Waals surface area contributed by atoms with Crippen LogP contribution in [0.15, 0.2) is 67.0 Å². The maximum Gasteiger partial charge on any atom is 0.410 e. The molecule has 10 heteroatoms. The van der Waals surface area contributed by atoms with Gasteiger partial charge in [0.25, 0.3) is 5.91 Å². The second-order valence-corrected chi connectivity index (χ2v) is 13.3. The van der Waals surface area contributed by atoms with E-state index in [4.69, 9.17) is 14.5 Å². The molecule has 0 spiro atoms. The predicted octanol–water partition coefficient (Wildman–Crippen LogP) is 6.43. The van der Waals surface area contributed by atoms with Gasteiger partial charge in [-0.05, 0) is 58.9 Å². The van der Waals surface area contributed by atoms with Gasteiger partial charge in [-0.2, -0.15) is 0 Å². The van der Waals surface area contributed by atoms with Crippen molar-refractivity contribution in [2.45, 2.75) is 83.6 Å². The van der Waals surface area contributed by atoms with E-state index in [1.54, 1.807) is 23.2 Å². The smallest absolute Gasteiger partial charge is 0.410 e. The highest BCUT2D eigenvalue weighted by molar-refractivity contribution is 5.98. The Morgan fingerprint density at radius 2 is 1.63 bits per heavy atom. The highest BCUT2D eigenvalue weighted by Crippen LogP contribution is 2.37. The van der Waals surface area contributed by atoms with Crippen LogP contribution in [0.2, 0.25) is 0 Å². The van der Waals surface area contributed by atoms with E-state index in [1.165, 1.54) is 0 Å². The Morgan fingerprint density at radius 3 is 2.30 bits per heavy atom. The fraction of sp³-hybridized carbons (Fsp3) is 0.500. The fourth-order valence-corrected chi connectivity index (χ4v) is 6.34. The Kier molecular flexibility index (Phi) is 10.3. The van der Waals surface area contributed by atoms with Gasteiger partial charge in [-0.1, -0.05) is 67.1 Å². The molecule has 246 valence electrons. The zero-order valence-corrected chi connectivity index (χ0v) is 27.7. The Hall–Kier alpha value is -4.34. The number of imidazole rings is 1. The molecule has 1 saturated carbocycles. The van der Waals surface area contributed by atoms with E-state index in [1.807, 2.05) is 93.3 Å². The molecule has 0 bridgehead atoms. The van der Waals surface area contributed by atoms with Crippen LogP contribution in [0, 0.1) is 0 Å². The standard InChI is InChI=1S/C36H47N5O5/c1-6-38(5)34(43)45-30-20-14-13-19-29(30)41-25-37-31(32(41)27-17-11-8-12-18-27)33(42)40-22-21-39(35(44)46-36(2,3)4)24-28(40)23-26-15-9-7-10-16-26/h7-12,15-18,25,28-30H,6,13-14,19-24H2,1-5H3/t28-,29+,30+/m1/s1. The summed E-state index contributed by atoms with van der Waals surface area (Å²) in [5, 5.41) is 0. The number of nitrogens with zero attached hydrogens (tertiary/aromatic N) is 5. The van der Waals surface area contributed by atoms with E-state index in [2.05, 4.69) is 4.57 Å². The van der Waals surface area contributed by atoms with Gasteiger partial charge in [-0.15, -0.1) is 0 Å². The van der Waals surface area contributed by atoms with Crippen LogP contribution in [0.5, 0.6) is 0 Å². The van der Waals surface area contributed by atoms with Crippen LogP contribution in [0.4, 0.5) is 9.59 Å². The SMILES string of the molecule is CCN(C)C(=O)O[C@H]1CCCC[C@@H]1n1cnc(C(=O)N2CCN(C(=O)OC(C)(C)C)C[C@H]2Cc2ccccc2)c1-c1ccccc1. The van der Waals surface area contributed by atoms with E-state index < -0.39 is 5.60 Å². The van der Waals surface area contributed by atoms with Gasteiger partial charge in [-0.3, -0.25) is 4.79 Å². The van der Waals surface area contributed by atoms with Gasteiger partial charge in [0, 0.05) is 38.8 Å². The second kappa shape index (κ2) is 14.4. The molecule has 3 aromatic rings. The molecule has 1 aliphatic carbocycles. The molecule has 3 amide bonds. The summed E-state index contributed by atoms with van der Waals surface area (Å²) in [7, 11) is 1.73. The average Bonchev–Trinajstić information content (AvgIpc) is 3.49. The number of carbonyl (C=O) groups is 3. The van der Waals surface area contributed by atoms with Gasteiger partial charge in [0.1, 0.15) is 11.7 Å². The van der Waals surface area contributed by atoms with E-state index >= 15 is 0 Å². The van der Waals surface area contributed by atoms with Gasteiger partial charge < -0.3 is 28.7 Å². The summed E-state index contributed by atoms with van der Waals surface area (Å²) in [4.78, 5) is 50.4. The summed E-state index contributed by atoms with van der Waals surface area (Å²) in [6.45, 7) is 9.10. The average molecular weight is 630 g/mol. The Morgan fingerprint density at radius 1 is 0.957 bits per heavy atom. The molecule has 10 nitrogen and oxygen atoms in total. The van der Waals surface area contributed by atoms with E-state index in [0.29, 0.717) is 38.3 Å². The number of piperazine rings is 1. The van der Waals surface area contributed by atoms with Crippen molar-refractivity contribution in [3.05, 3.63) is 78.2 Å². The lowest BCUT2D eigenvalue weighted by Gasteiger charge is -2.41. The molecule has 46 heavy (non-hydrogen) atoms. The molecule has 2 fully saturated rings. The van der Waals surface area contributed by atoms with Crippen molar-refractivity contribution in [2.75, 3.05) is 33.2 Å². The maximum absolute atomic E-state index is 14.6. The van der Waals surface area contributed by atoms with Crippen LogP contribution in [-0.2, 0) is 15.9 Å². The first-order valence-electron chi connectivity index (χ1n) is 16.4. The lowest BCUT2D eigenvalue weighted by molar-refractivity contribution is 0.00428. The van der Waals surface area contributed by atoms with Crippen molar-refractivity contribution in [1.29, 1.82) is 0 Å². The first-order valence-corrected chi connectivity index (χ1v) is 16.4. The molecule has 1 saturated heterocycles. The lowest BCUT2D eigenvalue weighted by Crippen LogP contribution is -2.58. The topological polar surface area (TPSA) is 97.2 Å². The number of hydrogen-bond acceptors (Lipinski definition) is 6. The van der Waals surface area contributed by atoms with Crippen molar-refractivity contribution < 1.29 is 23.9 Å². The van der Waals surface area contributed by atoms with Crippen molar-refractivity contribution >= 4 is 18.1 Å². The van der Waals surface area contributed by atoms with E-state index in [9.17, 15) is 14.4 Å². The summed E-state index contributed by atoms with van der Waals surface area (Å²) in [5.41, 5.74) is 2.41. The van der Waals surface area contributed by atoms with Crippen molar-refractivity contribution in [3.8, 4) is 11.3 Å². The number of benzene rings is 2. The Labute approximate surface area is 272 Å². The second-order valence-electron chi connectivity index (χ2n) is 13.3. The number of aromatic nitrogens is 2. The summed E-state index contributed by atoms with van der Waals surface area (Å²) in [5.74, 6) is -0.183. The molecule has 1 aromatic heterocycles. The molecule has 0 radical (unpaired) electrons. The lowest BCUT2D eigenvalue weighted by atomic mass is 9.91. The normalized spacial score (nSPS) is 20.2. The summed E-state index contributed by atoms with van der Waals surface area (Å²) >= 11 is 0. The Balaban J connectivity index is 1.49. The summed E-state index contributed by atoms with van der Waals surface area (Å²) in [6, 6.07) is 19.4. The van der Waals surface area contributed by atoms with Crippen molar-refractivity contribution in [2.24, 2.45) is 0 Å². The predicted molar refractivity (Wildman–Crippen MR) is 177 cm³/mol. The number of carbonyl (C=O) groups excluding carboxylic acids is 3. The largest absolute Gasteiger partial charge is 0.444 e. The molecule has 0 N–H and O–H groups in total. The first kappa shape index (κ1) is 33.0. The maximum atomic E-state index is 14.6. The van der Waals surface area contributed by atoms with Crippen LogP contribution in [0.3, 0.4) is 0 Å². The molecule has 0 unspecified atom stereocenters. The quantitative estimate of drug-likeness (QED) is 0.299. The molecule has 2 aliphatic rings. The minimum Gasteiger partial charge on any atom is -0.444 e. The number of amides is 3. The number of hydrogen-bond donors (Lipinski definition) is 0. The monoisotopic (exact) mass is 629 g/mol. The minimum atomic E-state index is -0.617. The van der Waals surface area contributed by atoms with E-state index in [-0.39, 0.29) is 36.3 Å². The first-order chi connectivity index (χ1) is 22.1.